The highest BCUT2D eigenvalue weighted by Crippen LogP contribution is 2.23. The number of nitrogens with zero attached hydrogens (tertiary/aromatic N) is 2. The second kappa shape index (κ2) is 3.84. The standard InChI is InChI=1S/C9H13N5O2/c10-6-8(12-4-13-9(6)16)14-2-1-5(3-14)7(11)15/h4-5H,1-3,10H2,(H2,11,15)(H,12,13,16). The third kappa shape index (κ3) is 1.71. The zero-order valence-corrected chi connectivity index (χ0v) is 8.64. The summed E-state index contributed by atoms with van der Waals surface area (Å²) in [5.41, 5.74) is 10.5. The molecule has 5 N–H and O–H groups in total. The van der Waals surface area contributed by atoms with E-state index in [1.165, 1.54) is 6.33 Å². The van der Waals surface area contributed by atoms with Crippen molar-refractivity contribution >= 4 is 17.4 Å². The Morgan fingerprint density at radius 2 is 2.38 bits per heavy atom. The number of nitrogen functional groups attached to an aromatic ring is 1. The smallest absolute Gasteiger partial charge is 0.276 e. The fourth-order valence-electron chi connectivity index (χ4n) is 1.84. The van der Waals surface area contributed by atoms with Crippen LogP contribution in [0.15, 0.2) is 11.1 Å². The number of amides is 1. The lowest BCUT2D eigenvalue weighted by atomic mass is 10.1. The van der Waals surface area contributed by atoms with Crippen molar-refractivity contribution in [1.82, 2.24) is 9.97 Å². The molecule has 2 rings (SSSR count). The Hall–Kier alpha value is -2.05. The molecule has 1 aromatic rings. The molecule has 0 radical (unpaired) electrons. The number of primary amides is 1. The Kier molecular flexibility index (Phi) is 2.51. The average molecular weight is 223 g/mol. The van der Waals surface area contributed by atoms with Crippen LogP contribution in [-0.4, -0.2) is 29.0 Å². The molecule has 86 valence electrons. The summed E-state index contributed by atoms with van der Waals surface area (Å²) in [7, 11) is 0. The number of nitrogens with one attached hydrogen (secondary N) is 1. The van der Waals surface area contributed by atoms with Crippen molar-refractivity contribution in [3.8, 4) is 0 Å². The summed E-state index contributed by atoms with van der Waals surface area (Å²) in [6.45, 7) is 1.10. The molecule has 0 saturated carbocycles. The maximum atomic E-state index is 11.3. The van der Waals surface area contributed by atoms with Crippen LogP contribution in [0.3, 0.4) is 0 Å². The molecule has 7 nitrogen and oxygen atoms in total. The van der Waals surface area contributed by atoms with Crippen LogP contribution in [0.25, 0.3) is 0 Å². The molecule has 0 aliphatic carbocycles. The normalized spacial score (nSPS) is 20.0. The molecule has 7 heteroatoms. The minimum absolute atomic E-state index is 0.0765. The molecule has 1 aliphatic rings. The van der Waals surface area contributed by atoms with Gasteiger partial charge in [-0.3, -0.25) is 9.59 Å². The number of nitrogens with two attached hydrogens (primary N) is 2. The van der Waals surface area contributed by atoms with Gasteiger partial charge in [-0.05, 0) is 6.42 Å². The molecule has 1 amide bonds. The molecule has 1 fully saturated rings. The van der Waals surface area contributed by atoms with Gasteiger partial charge in [0.25, 0.3) is 5.56 Å². The summed E-state index contributed by atoms with van der Waals surface area (Å²) in [6, 6.07) is 0. The van der Waals surface area contributed by atoms with Gasteiger partial charge < -0.3 is 21.4 Å². The van der Waals surface area contributed by atoms with E-state index < -0.39 is 0 Å². The number of anilines is 2. The molecule has 1 saturated heterocycles. The van der Waals surface area contributed by atoms with Gasteiger partial charge in [0.2, 0.25) is 5.91 Å². The van der Waals surface area contributed by atoms with E-state index in [2.05, 4.69) is 9.97 Å². The number of carbonyl (C=O) groups is 1. The number of aromatic amines is 1. The van der Waals surface area contributed by atoms with Crippen molar-refractivity contribution in [2.45, 2.75) is 6.42 Å². The third-order valence-electron chi connectivity index (χ3n) is 2.76. The first-order valence-electron chi connectivity index (χ1n) is 4.97. The van der Waals surface area contributed by atoms with Gasteiger partial charge in [-0.15, -0.1) is 0 Å². The molecule has 1 aliphatic heterocycles. The molecule has 0 spiro atoms. The topological polar surface area (TPSA) is 118 Å². The number of rotatable bonds is 2. The number of hydrogen-bond acceptors (Lipinski definition) is 5. The molecular formula is C9H13N5O2. The van der Waals surface area contributed by atoms with Gasteiger partial charge in [-0.25, -0.2) is 4.98 Å². The SMILES string of the molecule is NC(=O)C1CCN(c2nc[nH]c(=O)c2N)C1. The quantitative estimate of drug-likeness (QED) is 0.573. The summed E-state index contributed by atoms with van der Waals surface area (Å²) >= 11 is 0. The van der Waals surface area contributed by atoms with E-state index >= 15 is 0 Å². The highest BCUT2D eigenvalue weighted by atomic mass is 16.1. The first kappa shape index (κ1) is 10.5. The van der Waals surface area contributed by atoms with Gasteiger partial charge in [0.1, 0.15) is 5.69 Å². The Labute approximate surface area is 91.5 Å². The monoisotopic (exact) mass is 223 g/mol. The molecule has 2 heterocycles. The maximum Gasteiger partial charge on any atom is 0.276 e. The summed E-state index contributed by atoms with van der Waals surface area (Å²) < 4.78 is 0. The molecule has 0 bridgehead atoms. The van der Waals surface area contributed by atoms with Crippen molar-refractivity contribution in [3.63, 3.8) is 0 Å². The number of H-pyrrole nitrogens is 1. The minimum Gasteiger partial charge on any atom is -0.391 e. The molecular weight excluding hydrogens is 210 g/mol. The van der Waals surface area contributed by atoms with Crippen LogP contribution in [0.4, 0.5) is 11.5 Å². The van der Waals surface area contributed by atoms with E-state index in [0.717, 1.165) is 0 Å². The second-order valence-corrected chi connectivity index (χ2v) is 3.80. The van der Waals surface area contributed by atoms with Crippen molar-refractivity contribution in [2.24, 2.45) is 11.7 Å². The van der Waals surface area contributed by atoms with Crippen LogP contribution in [0.2, 0.25) is 0 Å². The van der Waals surface area contributed by atoms with Gasteiger partial charge in [-0.2, -0.15) is 0 Å². The van der Waals surface area contributed by atoms with Crippen LogP contribution >= 0.6 is 0 Å². The minimum atomic E-state index is -0.368. The lowest BCUT2D eigenvalue weighted by Crippen LogP contribution is -2.29. The lowest BCUT2D eigenvalue weighted by molar-refractivity contribution is -0.121. The lowest BCUT2D eigenvalue weighted by Gasteiger charge is -2.17. The molecule has 1 unspecified atom stereocenters. The molecule has 16 heavy (non-hydrogen) atoms. The van der Waals surface area contributed by atoms with Gasteiger partial charge in [0.05, 0.1) is 12.2 Å². The van der Waals surface area contributed by atoms with E-state index in [1.807, 2.05) is 0 Å². The predicted molar refractivity (Wildman–Crippen MR) is 58.8 cm³/mol. The Morgan fingerprint density at radius 1 is 1.62 bits per heavy atom. The van der Waals surface area contributed by atoms with Crippen molar-refractivity contribution < 1.29 is 4.79 Å². The first-order valence-corrected chi connectivity index (χ1v) is 4.97. The first-order chi connectivity index (χ1) is 7.59. The number of carbonyl (C=O) groups excluding carboxylic acids is 1. The van der Waals surface area contributed by atoms with Crippen LogP contribution in [0.5, 0.6) is 0 Å². The maximum absolute atomic E-state index is 11.3. The highest BCUT2D eigenvalue weighted by Gasteiger charge is 2.28. The average Bonchev–Trinajstić information content (AvgIpc) is 2.71. The Morgan fingerprint density at radius 3 is 3.00 bits per heavy atom. The summed E-state index contributed by atoms with van der Waals surface area (Å²) in [6.07, 6.45) is 1.97. The van der Waals surface area contributed by atoms with Crippen LogP contribution in [-0.2, 0) is 4.79 Å². The van der Waals surface area contributed by atoms with Gasteiger partial charge in [-0.1, -0.05) is 0 Å². The van der Waals surface area contributed by atoms with Gasteiger partial charge in [0.15, 0.2) is 5.82 Å². The third-order valence-corrected chi connectivity index (χ3v) is 2.76. The van der Waals surface area contributed by atoms with E-state index in [1.54, 1.807) is 4.90 Å². The fraction of sp³-hybridized carbons (Fsp3) is 0.444. The Bertz CT molecular complexity index is 469. The van der Waals surface area contributed by atoms with E-state index in [4.69, 9.17) is 11.5 Å². The van der Waals surface area contributed by atoms with E-state index in [0.29, 0.717) is 25.3 Å². The number of aromatic nitrogens is 2. The van der Waals surface area contributed by atoms with E-state index in [9.17, 15) is 9.59 Å². The van der Waals surface area contributed by atoms with Gasteiger partial charge >= 0.3 is 0 Å². The van der Waals surface area contributed by atoms with Crippen LogP contribution < -0.4 is 21.9 Å². The largest absolute Gasteiger partial charge is 0.391 e. The summed E-state index contributed by atoms with van der Waals surface area (Å²) in [4.78, 5) is 30.5. The van der Waals surface area contributed by atoms with Crippen molar-refractivity contribution in [1.29, 1.82) is 0 Å². The molecule has 1 aromatic heterocycles. The second-order valence-electron chi connectivity index (χ2n) is 3.80. The fourth-order valence-corrected chi connectivity index (χ4v) is 1.84. The summed E-state index contributed by atoms with van der Waals surface area (Å²) in [5.74, 6) is -0.0982. The zero-order chi connectivity index (χ0) is 11.7. The zero-order valence-electron chi connectivity index (χ0n) is 8.64. The van der Waals surface area contributed by atoms with Gasteiger partial charge in [0, 0.05) is 13.1 Å². The number of hydrogen-bond donors (Lipinski definition) is 3. The van der Waals surface area contributed by atoms with Crippen LogP contribution in [0.1, 0.15) is 6.42 Å². The molecule has 1 atom stereocenters. The molecule has 0 aromatic carbocycles. The van der Waals surface area contributed by atoms with Crippen molar-refractivity contribution in [3.05, 3.63) is 16.7 Å². The summed E-state index contributed by atoms with van der Waals surface area (Å²) in [5, 5.41) is 0. The Balaban J connectivity index is 2.24. The highest BCUT2D eigenvalue weighted by molar-refractivity contribution is 5.78. The predicted octanol–water partition coefficient (Wildman–Crippen LogP) is -1.34. The van der Waals surface area contributed by atoms with Crippen LogP contribution in [0, 0.1) is 5.92 Å². The van der Waals surface area contributed by atoms with Crippen molar-refractivity contribution in [2.75, 3.05) is 23.7 Å². The van der Waals surface area contributed by atoms with E-state index in [-0.39, 0.29) is 23.1 Å².